The molecule has 0 aromatic heterocycles. The maximum Gasteiger partial charge on any atom is 0.410 e. The molecular weight excluding hydrogens is 1680 g/mol. The van der Waals surface area contributed by atoms with Crippen molar-refractivity contribution >= 4 is 82.8 Å². The zero-order valence-electron chi connectivity index (χ0n) is 72.7. The van der Waals surface area contributed by atoms with E-state index in [1.54, 1.807) is 74.4 Å². The second-order valence-electron chi connectivity index (χ2n) is 36.4. The molecule has 16 rings (SSSR count). The number of aliphatic hydroxyl groups excluding tert-OH is 5. The number of benzene rings is 6. The number of phenolic OH excluding ortho intramolecular Hbond substituents is 2. The Bertz CT molecular complexity index is 5240. The molecule has 14 atom stereocenters. The van der Waals surface area contributed by atoms with E-state index in [2.05, 4.69) is 53.2 Å². The predicted molar refractivity (Wildman–Crippen MR) is 459 cm³/mol. The molecule has 37 heteroatoms. The van der Waals surface area contributed by atoms with Crippen LogP contribution in [0.1, 0.15) is 175 Å². The number of halogens is 1. The minimum Gasteiger partial charge on any atom is -0.508 e. The molecule has 0 radical (unpaired) electrons. The first-order valence-corrected chi connectivity index (χ1v) is 42.9. The summed E-state index contributed by atoms with van der Waals surface area (Å²) >= 11 is 7.28. The normalized spacial score (nSPS) is 26.4. The number of hydrogen-bond donors (Lipinski definition) is 17. The molecule has 0 unspecified atom stereocenters. The van der Waals surface area contributed by atoms with Gasteiger partial charge in [0.2, 0.25) is 59.3 Å². The molecule has 4 aliphatic carbocycles. The number of carbonyl (C=O) groups is 11. The fourth-order valence-electron chi connectivity index (χ4n) is 17.9. The van der Waals surface area contributed by atoms with Crippen molar-refractivity contribution in [2.24, 2.45) is 29.6 Å². The van der Waals surface area contributed by atoms with Crippen LogP contribution < -0.4 is 67.4 Å². The van der Waals surface area contributed by atoms with Gasteiger partial charge in [0.25, 0.3) is 0 Å². The van der Waals surface area contributed by atoms with E-state index < -0.39 is 203 Å². The highest BCUT2D eigenvalue weighted by atomic mass is 35.5. The van der Waals surface area contributed by atoms with Gasteiger partial charge in [-0.05, 0) is 253 Å². The molecule has 6 heterocycles. The molecule has 128 heavy (non-hydrogen) atoms. The number of phenols is 2. The lowest BCUT2D eigenvalue weighted by Crippen LogP contribution is -2.61. The average Bonchev–Trinajstić information content (AvgIpc) is 0.777. The maximum absolute atomic E-state index is 16.7. The van der Waals surface area contributed by atoms with Crippen molar-refractivity contribution in [3.8, 4) is 51.4 Å². The highest BCUT2D eigenvalue weighted by Gasteiger charge is 2.52. The number of ether oxygens (including phenoxy) is 7. The van der Waals surface area contributed by atoms with Crippen LogP contribution in [-0.2, 0) is 63.7 Å². The SMILES string of the molecule is COCCc1ccc(NC(=O)NC(=O)C[C@@H]2NC(=O)[C@H](NC(=O)[C@@H](CC(C)C)N(C)C(=O)OC(C)(C)C)[C@H](O)c3ccc(c(C)c3)Oc3cc4cc(c3O[C@@H]3O[C@H](CNC(=O)OC(C)(C)C)[C@@H](O)[C@H](O)[C@H]3O)Oc3ccc(cc3Cl)[C@@H](O)[C@@H]3NC(=O)[C@H](NC(=O)[C@@H]4NC2=O)c2ccc(O)c(c2)-c2c(C)cc(O)cc2[C@@H](C(=O)NC2C4CC5CC(C4)CC2C5)NC3=O)cc1. The van der Waals surface area contributed by atoms with Gasteiger partial charge in [0.15, 0.2) is 11.5 Å². The van der Waals surface area contributed by atoms with E-state index in [-0.39, 0.29) is 103 Å². The fourth-order valence-corrected chi connectivity index (χ4v) is 18.1. The van der Waals surface area contributed by atoms with E-state index in [0.717, 1.165) is 60.8 Å². The first-order chi connectivity index (χ1) is 60.4. The number of aromatic hydroxyl groups is 2. The van der Waals surface area contributed by atoms with Gasteiger partial charge < -0.3 is 117 Å². The van der Waals surface area contributed by atoms with Gasteiger partial charge in [0.05, 0.1) is 18.1 Å². The molecule has 36 nitrogen and oxygen atoms in total. The number of nitrogens with zero attached hydrogens (tertiary/aromatic N) is 1. The van der Waals surface area contributed by atoms with Crippen LogP contribution in [0.25, 0.3) is 11.1 Å². The monoisotopic (exact) mass is 1790 g/mol. The minimum absolute atomic E-state index is 0.0574. The van der Waals surface area contributed by atoms with Crippen LogP contribution in [0.3, 0.4) is 0 Å². The first-order valence-electron chi connectivity index (χ1n) is 42.5. The summed E-state index contributed by atoms with van der Waals surface area (Å²) in [4.78, 5) is 168. The van der Waals surface area contributed by atoms with Crippen molar-refractivity contribution < 1.29 is 122 Å². The number of hydrogen-bond acceptors (Lipinski definition) is 25. The second kappa shape index (κ2) is 38.6. The molecule has 15 bridgehead atoms. The number of urea groups is 1. The summed E-state index contributed by atoms with van der Waals surface area (Å²) in [5.41, 5.74) is -1.89. The topological polar surface area (TPSA) is 518 Å². The molecule has 4 saturated carbocycles. The number of imide groups is 1. The number of nitrogens with one attached hydrogen (secondary N) is 10. The molecule has 5 fully saturated rings. The number of amides is 12. The van der Waals surface area contributed by atoms with Crippen molar-refractivity contribution in [1.82, 2.24) is 52.8 Å². The van der Waals surface area contributed by atoms with Crippen molar-refractivity contribution in [1.29, 1.82) is 0 Å². The smallest absolute Gasteiger partial charge is 0.410 e. The molecule has 1 saturated heterocycles. The number of aryl methyl sites for hydroxylation is 2. The summed E-state index contributed by atoms with van der Waals surface area (Å²) < 4.78 is 42.7. The Morgan fingerprint density at radius 3 is 1.88 bits per heavy atom. The summed E-state index contributed by atoms with van der Waals surface area (Å²) in [6.45, 7) is 15.9. The summed E-state index contributed by atoms with van der Waals surface area (Å²) in [6, 6.07) is 6.31. The zero-order valence-corrected chi connectivity index (χ0v) is 73.5. The van der Waals surface area contributed by atoms with Gasteiger partial charge in [-0.1, -0.05) is 55.8 Å². The number of aliphatic hydroxyl groups is 5. The Balaban J connectivity index is 0.999. The lowest BCUT2D eigenvalue weighted by molar-refractivity contribution is -0.270. The molecule has 12 amide bonds. The maximum atomic E-state index is 16.7. The van der Waals surface area contributed by atoms with Crippen molar-refractivity contribution in [3.63, 3.8) is 0 Å². The molecule has 0 spiro atoms. The third-order valence-electron chi connectivity index (χ3n) is 23.9. The molecular formula is C91H110ClN11O25. The molecule has 17 N–H and O–H groups in total. The number of carbonyl (C=O) groups excluding carboxylic acids is 11. The molecule has 10 aliphatic rings. The largest absolute Gasteiger partial charge is 0.508 e. The Kier molecular flexibility index (Phi) is 28.2. The van der Waals surface area contributed by atoms with Gasteiger partial charge in [-0.3, -0.25) is 48.6 Å². The van der Waals surface area contributed by atoms with E-state index in [9.17, 15) is 54.9 Å². The molecule has 6 aromatic carbocycles. The second-order valence-corrected chi connectivity index (χ2v) is 36.8. The first kappa shape index (κ1) is 93.7. The summed E-state index contributed by atoms with van der Waals surface area (Å²) in [7, 11) is 2.81. The van der Waals surface area contributed by atoms with E-state index in [4.69, 9.17) is 44.8 Å². The van der Waals surface area contributed by atoms with Crippen LogP contribution in [0.5, 0.6) is 40.2 Å². The van der Waals surface area contributed by atoms with Gasteiger partial charge in [0, 0.05) is 38.0 Å². The Morgan fingerprint density at radius 2 is 1.24 bits per heavy atom. The lowest BCUT2D eigenvalue weighted by atomic mass is 9.54. The standard InChI is InChI=1S/C91H110ClN11O25/c1-40(2)25-58(103(11)89(121)128-91(8,9)10)80(113)101-71-73(107)47-16-21-60(41(3)26-47)123-62-35-51-36-63(78(62)126-86-77(111)76(110)75(109)64(125-86)39-93-88(120)127-90(5,6)7)124-61-22-17-48(34-56(61)92)74(108)72-85(118)100-70(83(116)97-67-49-29-44-28-45(31-49)32-50(67)30-44)55-37-53(104)27-42(4)66(55)54-33-46(15-20-59(54)105)68(81(114)102-72)99-82(115)69(51)98-79(112)57(95-84(71)117)38-65(106)96-87(119)94-52-18-13-43(14-19-52)23-24-122-12/h13-22,26-27,33-37,40,44-45,49-50,57-58,64,67-77,86,104-105,107-111H,23-25,28-32,38-39H2,1-12H3,(H,93,120)(H,95,117)(H,97,116)(H,98,112)(H,99,115)(H,100,118)(H,101,113)(H,102,114)(H2,94,96,106,119)/t44?,45?,49?,50?,57-,58+,64+,67?,68+,69+,70-,71+,72-,73+,74+,75+,76-,77+,86-/m0/s1. The van der Waals surface area contributed by atoms with Crippen LogP contribution in [0, 0.1) is 43.4 Å². The molecule has 6 aliphatic heterocycles. The van der Waals surface area contributed by atoms with Crippen LogP contribution in [0.4, 0.5) is 20.1 Å². The highest BCUT2D eigenvalue weighted by Crippen LogP contribution is 2.55. The Hall–Kier alpha value is -11.9. The quantitative estimate of drug-likeness (QED) is 0.0428. The fraction of sp³-hybridized carbons (Fsp3) is 0.484. The third-order valence-corrected chi connectivity index (χ3v) is 24.2. The summed E-state index contributed by atoms with van der Waals surface area (Å²) in [5, 5.41) is 110. The highest BCUT2D eigenvalue weighted by molar-refractivity contribution is 6.32. The average molecular weight is 1790 g/mol. The van der Waals surface area contributed by atoms with E-state index in [1.807, 2.05) is 0 Å². The number of anilines is 1. The van der Waals surface area contributed by atoms with Crippen LogP contribution in [0.2, 0.25) is 5.02 Å². The number of methoxy groups -OCH3 is 1. The van der Waals surface area contributed by atoms with E-state index in [1.165, 1.54) is 93.9 Å². The van der Waals surface area contributed by atoms with Gasteiger partial charge in [-0.15, -0.1) is 0 Å². The van der Waals surface area contributed by atoms with Gasteiger partial charge in [-0.25, -0.2) is 14.4 Å². The van der Waals surface area contributed by atoms with E-state index >= 15 is 33.6 Å². The lowest BCUT2D eigenvalue weighted by Gasteiger charge is -2.54. The van der Waals surface area contributed by atoms with Crippen molar-refractivity contribution in [2.75, 3.05) is 32.6 Å². The third kappa shape index (κ3) is 21.6. The van der Waals surface area contributed by atoms with Gasteiger partial charge in [0.1, 0.15) is 113 Å². The number of alkyl carbamates (subject to hydrolysis) is 1. The van der Waals surface area contributed by atoms with Gasteiger partial charge in [-0.2, -0.15) is 0 Å². The number of fused-ring (bicyclic) bond motifs is 15. The summed E-state index contributed by atoms with van der Waals surface area (Å²) in [6.07, 6.45) is -12.6. The molecule has 6 aromatic rings. The van der Waals surface area contributed by atoms with Crippen molar-refractivity contribution in [3.05, 3.63) is 153 Å². The molecule has 686 valence electrons. The van der Waals surface area contributed by atoms with Crippen molar-refractivity contribution in [2.45, 2.75) is 223 Å². The Morgan fingerprint density at radius 1 is 0.625 bits per heavy atom. The van der Waals surface area contributed by atoms with Crippen LogP contribution >= 0.6 is 11.6 Å². The zero-order chi connectivity index (χ0) is 92.6. The number of rotatable bonds is 17. The Labute approximate surface area is 742 Å². The minimum atomic E-state index is -2.39. The van der Waals surface area contributed by atoms with Gasteiger partial charge >= 0.3 is 18.2 Å². The number of likely N-dealkylation sites (N-methyl/N-ethyl adjacent to an activating group) is 1. The van der Waals surface area contributed by atoms with E-state index in [0.29, 0.717) is 24.9 Å². The predicted octanol–water partition coefficient (Wildman–Crippen LogP) is 7.21. The summed E-state index contributed by atoms with van der Waals surface area (Å²) in [5.74, 6) is -12.3. The van der Waals surface area contributed by atoms with Crippen LogP contribution in [0.15, 0.2) is 103 Å². The van der Waals surface area contributed by atoms with Crippen LogP contribution in [-0.4, -0.2) is 206 Å².